The van der Waals surface area contributed by atoms with Crippen LogP contribution in [0, 0.1) is 0 Å². The Morgan fingerprint density at radius 1 is 0.370 bits per heavy atom. The molecule has 0 aromatic heterocycles. The number of alkyl halides is 1. The van der Waals surface area contributed by atoms with Crippen LogP contribution in [0.3, 0.4) is 0 Å². The van der Waals surface area contributed by atoms with E-state index in [-0.39, 0.29) is 0 Å². The highest BCUT2D eigenvalue weighted by Crippen LogP contribution is 2.19. The summed E-state index contributed by atoms with van der Waals surface area (Å²) >= 11 is 6.51. The van der Waals surface area contributed by atoms with E-state index < -0.39 is 0 Å². The zero-order valence-electron chi connectivity index (χ0n) is 19.2. The van der Waals surface area contributed by atoms with E-state index in [4.69, 9.17) is 11.6 Å². The lowest BCUT2D eigenvalue weighted by Gasteiger charge is -2.09. The number of unbranched alkanes of at least 4 members (excludes halogenated alkanes) is 19. The van der Waals surface area contributed by atoms with Crippen LogP contribution >= 0.6 is 11.6 Å². The molecule has 0 aromatic carbocycles. The van der Waals surface area contributed by atoms with E-state index in [1.54, 1.807) is 0 Å². The molecule has 0 amide bonds. The first kappa shape index (κ1) is 27.3. The summed E-state index contributed by atoms with van der Waals surface area (Å²) in [5.41, 5.74) is 0. The number of rotatable bonds is 23. The Bertz CT molecular complexity index is 251. The highest BCUT2D eigenvalue weighted by molar-refractivity contribution is 6.20. The van der Waals surface area contributed by atoms with E-state index >= 15 is 0 Å². The lowest BCUT2D eigenvalue weighted by molar-refractivity contribution is 0.520. The summed E-state index contributed by atoms with van der Waals surface area (Å²) in [5.74, 6) is 0. The average molecular weight is 401 g/mol. The third-order valence-electron chi connectivity index (χ3n) is 5.99. The Kier molecular flexibility index (Phi) is 24.6. The third kappa shape index (κ3) is 24.3. The van der Waals surface area contributed by atoms with Gasteiger partial charge in [-0.25, -0.2) is 0 Å². The van der Waals surface area contributed by atoms with Crippen LogP contribution in [-0.4, -0.2) is 5.38 Å². The van der Waals surface area contributed by atoms with Crippen LogP contribution in [0.4, 0.5) is 0 Å². The van der Waals surface area contributed by atoms with Crippen LogP contribution in [0.2, 0.25) is 0 Å². The molecule has 0 aliphatic carbocycles. The smallest absolute Gasteiger partial charge is 0.0336 e. The first-order chi connectivity index (χ1) is 13.3. The van der Waals surface area contributed by atoms with Crippen molar-refractivity contribution in [3.05, 3.63) is 0 Å². The minimum absolute atomic E-state index is 0.442. The molecule has 1 atom stereocenters. The quantitative estimate of drug-likeness (QED) is 0.118. The van der Waals surface area contributed by atoms with E-state index in [2.05, 4.69) is 13.8 Å². The van der Waals surface area contributed by atoms with Gasteiger partial charge >= 0.3 is 0 Å². The minimum Gasteiger partial charge on any atom is -0.123 e. The van der Waals surface area contributed by atoms with Crippen LogP contribution in [0.1, 0.15) is 162 Å². The van der Waals surface area contributed by atoms with Crippen LogP contribution in [0.5, 0.6) is 0 Å². The molecule has 0 nitrogen and oxygen atoms in total. The van der Waals surface area contributed by atoms with Crippen LogP contribution in [0.15, 0.2) is 0 Å². The first-order valence-electron chi connectivity index (χ1n) is 12.9. The Morgan fingerprint density at radius 2 is 0.593 bits per heavy atom. The zero-order chi connectivity index (χ0) is 19.8. The Morgan fingerprint density at radius 3 is 0.852 bits per heavy atom. The largest absolute Gasteiger partial charge is 0.123 e. The van der Waals surface area contributed by atoms with Crippen molar-refractivity contribution in [1.29, 1.82) is 0 Å². The van der Waals surface area contributed by atoms with Gasteiger partial charge in [-0.3, -0.25) is 0 Å². The van der Waals surface area contributed by atoms with Crippen molar-refractivity contribution in [3.63, 3.8) is 0 Å². The maximum absolute atomic E-state index is 6.51. The number of halogens is 1. The Balaban J connectivity index is 3.12. The number of hydrogen-bond acceptors (Lipinski definition) is 0. The van der Waals surface area contributed by atoms with E-state index in [0.717, 1.165) is 0 Å². The molecule has 164 valence electrons. The van der Waals surface area contributed by atoms with Gasteiger partial charge in [0.1, 0.15) is 0 Å². The SMILES string of the molecule is CCCCCCCCCCCCCC(Cl)CCCCCCCCCCCC. The molecule has 0 saturated heterocycles. The zero-order valence-corrected chi connectivity index (χ0v) is 20.0. The van der Waals surface area contributed by atoms with E-state index in [1.165, 1.54) is 148 Å². The van der Waals surface area contributed by atoms with Crippen molar-refractivity contribution >= 4 is 11.6 Å². The van der Waals surface area contributed by atoms with Gasteiger partial charge < -0.3 is 0 Å². The van der Waals surface area contributed by atoms with Gasteiger partial charge in [-0.05, 0) is 12.8 Å². The molecule has 0 aromatic rings. The summed E-state index contributed by atoms with van der Waals surface area (Å²) in [5, 5.41) is 0.442. The van der Waals surface area contributed by atoms with Crippen molar-refractivity contribution < 1.29 is 0 Å². The molecule has 27 heavy (non-hydrogen) atoms. The monoisotopic (exact) mass is 400 g/mol. The highest BCUT2D eigenvalue weighted by Gasteiger charge is 2.04. The van der Waals surface area contributed by atoms with Crippen molar-refractivity contribution in [1.82, 2.24) is 0 Å². The minimum atomic E-state index is 0.442. The highest BCUT2D eigenvalue weighted by atomic mass is 35.5. The maximum atomic E-state index is 6.51. The summed E-state index contributed by atoms with van der Waals surface area (Å²) in [6, 6.07) is 0. The molecule has 1 unspecified atom stereocenters. The molecular weight excluding hydrogens is 348 g/mol. The molecule has 0 radical (unpaired) electrons. The van der Waals surface area contributed by atoms with Gasteiger partial charge in [0.25, 0.3) is 0 Å². The predicted molar refractivity (Wildman–Crippen MR) is 127 cm³/mol. The van der Waals surface area contributed by atoms with Gasteiger partial charge in [0.15, 0.2) is 0 Å². The number of hydrogen-bond donors (Lipinski definition) is 0. The molecule has 0 aliphatic heterocycles. The molecule has 0 fully saturated rings. The topological polar surface area (TPSA) is 0 Å². The first-order valence-corrected chi connectivity index (χ1v) is 13.4. The van der Waals surface area contributed by atoms with Crippen molar-refractivity contribution in [2.75, 3.05) is 0 Å². The molecular formula is C26H53Cl. The summed E-state index contributed by atoms with van der Waals surface area (Å²) in [4.78, 5) is 0. The average Bonchev–Trinajstić information content (AvgIpc) is 2.67. The van der Waals surface area contributed by atoms with Gasteiger partial charge in [0, 0.05) is 5.38 Å². The standard InChI is InChI=1S/C26H53Cl/c1-3-5-7-9-11-13-15-17-19-21-23-25-26(27)24-22-20-18-16-14-12-10-8-6-4-2/h26H,3-25H2,1-2H3. The van der Waals surface area contributed by atoms with Crippen LogP contribution in [0.25, 0.3) is 0 Å². The summed E-state index contributed by atoms with van der Waals surface area (Å²) < 4.78 is 0. The Labute approximate surface area is 178 Å². The summed E-state index contributed by atoms with van der Waals surface area (Å²) in [7, 11) is 0. The maximum Gasteiger partial charge on any atom is 0.0336 e. The molecule has 0 heterocycles. The predicted octanol–water partition coefficient (Wildman–Crippen LogP) is 10.6. The fraction of sp³-hybridized carbons (Fsp3) is 1.00. The normalized spacial score (nSPS) is 12.6. The lowest BCUT2D eigenvalue weighted by atomic mass is 10.0. The van der Waals surface area contributed by atoms with Gasteiger partial charge in [-0.1, -0.05) is 149 Å². The molecule has 1 heteroatoms. The van der Waals surface area contributed by atoms with Crippen LogP contribution < -0.4 is 0 Å². The van der Waals surface area contributed by atoms with Crippen LogP contribution in [-0.2, 0) is 0 Å². The molecule has 0 spiro atoms. The third-order valence-corrected chi connectivity index (χ3v) is 6.43. The molecule has 0 bridgehead atoms. The fourth-order valence-corrected chi connectivity index (χ4v) is 4.34. The van der Waals surface area contributed by atoms with Crippen molar-refractivity contribution in [2.45, 2.75) is 167 Å². The van der Waals surface area contributed by atoms with E-state index in [9.17, 15) is 0 Å². The summed E-state index contributed by atoms with van der Waals surface area (Å²) in [6.07, 6.45) is 32.4. The van der Waals surface area contributed by atoms with Crippen molar-refractivity contribution in [2.24, 2.45) is 0 Å². The second kappa shape index (κ2) is 24.3. The Hall–Kier alpha value is 0.290. The lowest BCUT2D eigenvalue weighted by Crippen LogP contribution is -1.98. The molecule has 0 rings (SSSR count). The fourth-order valence-electron chi connectivity index (χ4n) is 4.03. The second-order valence-corrected chi connectivity index (χ2v) is 9.51. The van der Waals surface area contributed by atoms with Gasteiger partial charge in [0.2, 0.25) is 0 Å². The second-order valence-electron chi connectivity index (χ2n) is 8.89. The van der Waals surface area contributed by atoms with E-state index in [0.29, 0.717) is 5.38 Å². The van der Waals surface area contributed by atoms with E-state index in [1.807, 2.05) is 0 Å². The van der Waals surface area contributed by atoms with Gasteiger partial charge in [0.05, 0.1) is 0 Å². The molecule has 0 N–H and O–H groups in total. The van der Waals surface area contributed by atoms with Gasteiger partial charge in [-0.15, -0.1) is 11.6 Å². The molecule has 0 saturated carbocycles. The summed E-state index contributed by atoms with van der Waals surface area (Å²) in [6.45, 7) is 4.59. The van der Waals surface area contributed by atoms with Crippen molar-refractivity contribution in [3.8, 4) is 0 Å². The van der Waals surface area contributed by atoms with Gasteiger partial charge in [-0.2, -0.15) is 0 Å². The molecule has 0 aliphatic rings.